The summed E-state index contributed by atoms with van der Waals surface area (Å²) in [5.41, 5.74) is 2.65. The number of carbonyl (C=O) groups is 1. The maximum absolute atomic E-state index is 12.1. The molecule has 0 saturated carbocycles. The van der Waals surface area contributed by atoms with Crippen molar-refractivity contribution in [2.45, 2.75) is 39.5 Å². The van der Waals surface area contributed by atoms with Crippen LogP contribution in [0, 0.1) is 5.41 Å². The lowest BCUT2D eigenvalue weighted by Gasteiger charge is -2.33. The first-order valence-electron chi connectivity index (χ1n) is 4.95. The van der Waals surface area contributed by atoms with Crippen molar-refractivity contribution in [1.29, 1.82) is 0 Å². The third-order valence-corrected chi connectivity index (χ3v) is 3.29. The van der Waals surface area contributed by atoms with Gasteiger partial charge in [0.1, 0.15) is 4.87 Å². The summed E-state index contributed by atoms with van der Waals surface area (Å²) in [4.78, 5) is 15.9. The number of rotatable bonds is 0. The molecule has 0 unspecified atom stereocenters. The highest BCUT2D eigenvalue weighted by molar-refractivity contribution is 8.15. The molecule has 1 saturated heterocycles. The highest BCUT2D eigenvalue weighted by Gasteiger charge is 2.43. The fourth-order valence-corrected chi connectivity index (χ4v) is 2.18. The molecule has 1 aliphatic rings. The summed E-state index contributed by atoms with van der Waals surface area (Å²) < 4.78 is 0. The summed E-state index contributed by atoms with van der Waals surface area (Å²) >= 11 is 1.56. The molecule has 1 rings (SSSR count). The predicted molar refractivity (Wildman–Crippen MR) is 64.5 cm³/mol. The molecule has 0 bridgehead atoms. The molecule has 1 fully saturated rings. The molecule has 1 heterocycles. The van der Waals surface area contributed by atoms with Crippen molar-refractivity contribution in [3.8, 4) is 0 Å². The van der Waals surface area contributed by atoms with Crippen LogP contribution < -0.4 is 5.43 Å². The maximum atomic E-state index is 12.1. The van der Waals surface area contributed by atoms with E-state index in [4.69, 9.17) is 0 Å². The first kappa shape index (κ1) is 12.4. The highest BCUT2D eigenvalue weighted by Crippen LogP contribution is 2.36. The van der Waals surface area contributed by atoms with E-state index in [0.717, 1.165) is 5.17 Å². The minimum absolute atomic E-state index is 0.0821. The molecular weight excluding hydrogens is 210 g/mol. The van der Waals surface area contributed by atoms with Gasteiger partial charge in [0.25, 0.3) is 0 Å². The first-order valence-corrected chi connectivity index (χ1v) is 5.77. The number of thioether (sulfide) groups is 1. The van der Waals surface area contributed by atoms with Crippen LogP contribution in [0.25, 0.3) is 0 Å². The number of nitrogens with zero attached hydrogens (tertiary/aromatic N) is 2. The van der Waals surface area contributed by atoms with Crippen molar-refractivity contribution in [3.05, 3.63) is 0 Å². The Morgan fingerprint density at radius 2 is 2.00 bits per heavy atom. The Morgan fingerprint density at radius 1 is 1.47 bits per heavy atom. The molecule has 0 aromatic heterocycles. The van der Waals surface area contributed by atoms with Gasteiger partial charge < -0.3 is 0 Å². The normalized spacial score (nSPS) is 23.1. The van der Waals surface area contributed by atoms with E-state index in [2.05, 4.69) is 10.4 Å². The van der Waals surface area contributed by atoms with E-state index in [1.54, 1.807) is 23.8 Å². The third-order valence-electron chi connectivity index (χ3n) is 2.14. The zero-order chi connectivity index (χ0) is 11.9. The number of nitrogens with one attached hydrogen (secondary N) is 1. The van der Waals surface area contributed by atoms with Gasteiger partial charge in [-0.25, -0.2) is 5.01 Å². The second-order valence-corrected chi connectivity index (χ2v) is 6.67. The van der Waals surface area contributed by atoms with Gasteiger partial charge in [-0.3, -0.25) is 15.2 Å². The van der Waals surface area contributed by atoms with Crippen LogP contribution in [0.5, 0.6) is 0 Å². The number of hydrazine groups is 1. The van der Waals surface area contributed by atoms with Gasteiger partial charge in [-0.1, -0.05) is 32.5 Å². The standard InChI is InChI=1S/C10H19N3OS/c1-9(2,3)7(14)13-10(4,5)15-8(11-6)12-13/h1-6H3,(H,11,12). The summed E-state index contributed by atoms with van der Waals surface area (Å²) in [6.45, 7) is 9.76. The Kier molecular flexibility index (Phi) is 3.05. The average molecular weight is 229 g/mol. The van der Waals surface area contributed by atoms with E-state index in [-0.39, 0.29) is 16.2 Å². The van der Waals surface area contributed by atoms with Crippen LogP contribution in [0.15, 0.2) is 4.99 Å². The van der Waals surface area contributed by atoms with Gasteiger partial charge in [0.2, 0.25) is 5.91 Å². The van der Waals surface area contributed by atoms with Gasteiger partial charge in [0, 0.05) is 12.5 Å². The van der Waals surface area contributed by atoms with E-state index in [1.165, 1.54) is 0 Å². The molecule has 1 amide bonds. The lowest BCUT2D eigenvalue weighted by atomic mass is 9.95. The Morgan fingerprint density at radius 3 is 2.33 bits per heavy atom. The number of amidine groups is 1. The second-order valence-electron chi connectivity index (χ2n) is 5.08. The molecule has 0 spiro atoms. The number of carbonyl (C=O) groups excluding carboxylic acids is 1. The zero-order valence-corrected chi connectivity index (χ0v) is 11.0. The van der Waals surface area contributed by atoms with Crippen molar-refractivity contribution in [1.82, 2.24) is 10.4 Å². The van der Waals surface area contributed by atoms with E-state index in [0.29, 0.717) is 0 Å². The maximum Gasteiger partial charge on any atom is 0.247 e. The van der Waals surface area contributed by atoms with Crippen LogP contribution in [0.1, 0.15) is 34.6 Å². The Bertz CT molecular complexity index is 304. The van der Waals surface area contributed by atoms with Gasteiger partial charge in [0.05, 0.1) is 0 Å². The molecule has 0 atom stereocenters. The lowest BCUT2D eigenvalue weighted by molar-refractivity contribution is -0.144. The van der Waals surface area contributed by atoms with Gasteiger partial charge in [-0.2, -0.15) is 0 Å². The molecule has 0 aromatic rings. The molecule has 0 aliphatic carbocycles. The van der Waals surface area contributed by atoms with Gasteiger partial charge >= 0.3 is 0 Å². The molecular formula is C10H19N3OS. The molecule has 86 valence electrons. The summed E-state index contributed by atoms with van der Waals surface area (Å²) in [7, 11) is 1.72. The predicted octanol–water partition coefficient (Wildman–Crippen LogP) is 1.83. The fraction of sp³-hybridized carbons (Fsp3) is 0.800. The minimum atomic E-state index is -0.381. The monoisotopic (exact) mass is 229 g/mol. The van der Waals surface area contributed by atoms with E-state index in [9.17, 15) is 4.79 Å². The Labute approximate surface area is 95.5 Å². The van der Waals surface area contributed by atoms with E-state index < -0.39 is 0 Å². The number of hydrogen-bond donors (Lipinski definition) is 1. The molecule has 5 heteroatoms. The highest BCUT2D eigenvalue weighted by atomic mass is 32.2. The summed E-state index contributed by atoms with van der Waals surface area (Å²) in [6.07, 6.45) is 0. The molecule has 1 N–H and O–H groups in total. The van der Waals surface area contributed by atoms with Gasteiger partial charge in [0.15, 0.2) is 5.17 Å². The van der Waals surface area contributed by atoms with E-state index in [1.807, 2.05) is 34.6 Å². The van der Waals surface area contributed by atoms with Crippen molar-refractivity contribution in [2.75, 3.05) is 7.05 Å². The molecule has 0 aromatic carbocycles. The van der Waals surface area contributed by atoms with Gasteiger partial charge in [-0.05, 0) is 13.8 Å². The second kappa shape index (κ2) is 3.70. The van der Waals surface area contributed by atoms with Gasteiger partial charge in [-0.15, -0.1) is 0 Å². The number of aliphatic imine (C=N–C) groups is 1. The molecule has 1 aliphatic heterocycles. The summed E-state index contributed by atoms with van der Waals surface area (Å²) in [5.74, 6) is 0.0821. The topological polar surface area (TPSA) is 44.7 Å². The molecule has 4 nitrogen and oxygen atoms in total. The van der Waals surface area contributed by atoms with Crippen molar-refractivity contribution in [3.63, 3.8) is 0 Å². The average Bonchev–Trinajstić information content (AvgIpc) is 2.38. The summed E-state index contributed by atoms with van der Waals surface area (Å²) in [5, 5.41) is 2.46. The fourth-order valence-electron chi connectivity index (χ4n) is 1.26. The van der Waals surface area contributed by atoms with Crippen LogP contribution >= 0.6 is 11.8 Å². The molecule has 0 radical (unpaired) electrons. The quantitative estimate of drug-likeness (QED) is 0.689. The summed E-state index contributed by atoms with van der Waals surface area (Å²) in [6, 6.07) is 0. The van der Waals surface area contributed by atoms with Crippen LogP contribution in [0.3, 0.4) is 0 Å². The van der Waals surface area contributed by atoms with Crippen LogP contribution in [-0.2, 0) is 4.79 Å². The lowest BCUT2D eigenvalue weighted by Crippen LogP contribution is -2.52. The van der Waals surface area contributed by atoms with Crippen LogP contribution in [0.2, 0.25) is 0 Å². The van der Waals surface area contributed by atoms with Crippen LogP contribution in [0.4, 0.5) is 0 Å². The third kappa shape index (κ3) is 2.45. The Balaban J connectivity index is 2.93. The first-order chi connectivity index (χ1) is 6.68. The smallest absolute Gasteiger partial charge is 0.247 e. The van der Waals surface area contributed by atoms with Crippen molar-refractivity contribution >= 4 is 22.8 Å². The number of hydrogen-bond acceptors (Lipinski definition) is 3. The SMILES string of the molecule is CN=C1NN(C(=O)C(C)(C)C)C(C)(C)S1. The molecule has 15 heavy (non-hydrogen) atoms. The van der Waals surface area contributed by atoms with Crippen molar-refractivity contribution < 1.29 is 4.79 Å². The Hall–Kier alpha value is -0.710. The largest absolute Gasteiger partial charge is 0.273 e. The minimum Gasteiger partial charge on any atom is -0.273 e. The van der Waals surface area contributed by atoms with Crippen LogP contribution in [-0.4, -0.2) is 28.0 Å². The number of amides is 1. The zero-order valence-electron chi connectivity index (χ0n) is 10.2. The van der Waals surface area contributed by atoms with Crippen molar-refractivity contribution in [2.24, 2.45) is 10.4 Å². The van der Waals surface area contributed by atoms with E-state index >= 15 is 0 Å².